The van der Waals surface area contributed by atoms with Gasteiger partial charge in [0.1, 0.15) is 11.3 Å². The molecule has 0 aliphatic carbocycles. The van der Waals surface area contributed by atoms with Crippen molar-refractivity contribution in [3.8, 4) is 44.7 Å². The average Bonchev–Trinajstić information content (AvgIpc) is 3.64. The van der Waals surface area contributed by atoms with E-state index >= 15 is 0 Å². The van der Waals surface area contributed by atoms with Crippen molar-refractivity contribution in [1.29, 1.82) is 0 Å². The minimum Gasteiger partial charge on any atom is -0.456 e. The first-order chi connectivity index (χ1) is 24.7. The Kier molecular flexibility index (Phi) is 7.53. The fourth-order valence-electron chi connectivity index (χ4n) is 6.84. The monoisotopic (exact) mass is 639 g/mol. The molecule has 1 aromatic heterocycles. The maximum absolute atomic E-state index is 6.18. The second-order valence-electron chi connectivity index (χ2n) is 12.6. The first-order valence-electron chi connectivity index (χ1n) is 17.0. The van der Waals surface area contributed by atoms with E-state index in [-0.39, 0.29) is 0 Å². The fourth-order valence-corrected chi connectivity index (χ4v) is 6.84. The van der Waals surface area contributed by atoms with Crippen LogP contribution >= 0.6 is 0 Å². The van der Waals surface area contributed by atoms with Gasteiger partial charge in [-0.2, -0.15) is 0 Å². The zero-order valence-corrected chi connectivity index (χ0v) is 27.4. The second-order valence-corrected chi connectivity index (χ2v) is 12.6. The molecule has 0 amide bonds. The summed E-state index contributed by atoms with van der Waals surface area (Å²) in [4.78, 5) is 2.34. The molecule has 50 heavy (non-hydrogen) atoms. The third-order valence-corrected chi connectivity index (χ3v) is 9.45. The van der Waals surface area contributed by atoms with Gasteiger partial charge in [0.15, 0.2) is 0 Å². The van der Waals surface area contributed by atoms with Crippen molar-refractivity contribution >= 4 is 38.8 Å². The first kappa shape index (κ1) is 29.5. The summed E-state index contributed by atoms with van der Waals surface area (Å²) in [5, 5.41) is 3.49. The van der Waals surface area contributed by atoms with Crippen LogP contribution in [0.5, 0.6) is 0 Å². The minimum absolute atomic E-state index is 0.882. The molecule has 2 nitrogen and oxygen atoms in total. The van der Waals surface area contributed by atoms with E-state index in [1.54, 1.807) is 0 Å². The summed E-state index contributed by atoms with van der Waals surface area (Å²) >= 11 is 0. The molecule has 0 bridgehead atoms. The third kappa shape index (κ3) is 5.74. The molecule has 1 heterocycles. The topological polar surface area (TPSA) is 16.4 Å². The smallest absolute Gasteiger partial charge is 0.135 e. The summed E-state index contributed by atoms with van der Waals surface area (Å²) in [5.74, 6) is 0.882. The van der Waals surface area contributed by atoms with Gasteiger partial charge >= 0.3 is 0 Å². The van der Waals surface area contributed by atoms with Gasteiger partial charge < -0.3 is 9.32 Å². The molecule has 0 saturated heterocycles. The maximum Gasteiger partial charge on any atom is 0.135 e. The highest BCUT2D eigenvalue weighted by molar-refractivity contribution is 5.93. The highest BCUT2D eigenvalue weighted by Crippen LogP contribution is 2.39. The number of furan rings is 1. The van der Waals surface area contributed by atoms with Gasteiger partial charge in [-0.3, -0.25) is 0 Å². The van der Waals surface area contributed by atoms with Gasteiger partial charge in [0.2, 0.25) is 0 Å². The molecular weight excluding hydrogens is 607 g/mol. The Morgan fingerprint density at radius 3 is 1.42 bits per heavy atom. The molecule has 0 aliphatic heterocycles. The summed E-state index contributed by atoms with van der Waals surface area (Å²) in [6, 6.07) is 71.2. The van der Waals surface area contributed by atoms with Crippen molar-refractivity contribution in [3.05, 3.63) is 200 Å². The van der Waals surface area contributed by atoms with Gasteiger partial charge in [-0.25, -0.2) is 0 Å². The van der Waals surface area contributed by atoms with Crippen LogP contribution in [0.3, 0.4) is 0 Å². The summed E-state index contributed by atoms with van der Waals surface area (Å²) in [5.41, 5.74) is 12.5. The minimum atomic E-state index is 0.882. The molecule has 9 rings (SSSR count). The van der Waals surface area contributed by atoms with Crippen molar-refractivity contribution in [2.24, 2.45) is 0 Å². The first-order valence-corrected chi connectivity index (χ1v) is 17.0. The van der Waals surface area contributed by atoms with E-state index in [4.69, 9.17) is 4.42 Å². The number of anilines is 3. The molecule has 0 spiro atoms. The Bertz CT molecular complexity index is 2450. The van der Waals surface area contributed by atoms with E-state index < -0.39 is 0 Å². The highest BCUT2D eigenvalue weighted by Gasteiger charge is 2.15. The number of para-hydroxylation sites is 1. The highest BCUT2D eigenvalue weighted by atomic mass is 16.3. The lowest BCUT2D eigenvalue weighted by Gasteiger charge is -2.26. The summed E-state index contributed by atoms with van der Waals surface area (Å²) in [6.45, 7) is 0. The van der Waals surface area contributed by atoms with Crippen LogP contribution in [0.1, 0.15) is 0 Å². The number of fused-ring (bicyclic) bond motifs is 2. The number of benzene rings is 8. The number of rotatable bonds is 7. The summed E-state index contributed by atoms with van der Waals surface area (Å²) in [6.07, 6.45) is 0. The number of hydrogen-bond donors (Lipinski definition) is 0. The van der Waals surface area contributed by atoms with Gasteiger partial charge in [0.05, 0.1) is 0 Å². The Labute approximate surface area is 292 Å². The van der Waals surface area contributed by atoms with Crippen LogP contribution in [-0.4, -0.2) is 0 Å². The number of hydrogen-bond acceptors (Lipinski definition) is 2. The van der Waals surface area contributed by atoms with Gasteiger partial charge in [0.25, 0.3) is 0 Å². The van der Waals surface area contributed by atoms with Crippen LogP contribution in [0, 0.1) is 0 Å². The molecular formula is C48H33NO. The molecule has 0 saturated carbocycles. The maximum atomic E-state index is 6.18. The van der Waals surface area contributed by atoms with Crippen molar-refractivity contribution in [3.63, 3.8) is 0 Å². The molecule has 2 heteroatoms. The van der Waals surface area contributed by atoms with Gasteiger partial charge in [-0.1, -0.05) is 140 Å². The van der Waals surface area contributed by atoms with E-state index in [0.717, 1.165) is 44.9 Å². The third-order valence-electron chi connectivity index (χ3n) is 9.45. The summed E-state index contributed by atoms with van der Waals surface area (Å²) in [7, 11) is 0. The molecule has 9 aromatic rings. The van der Waals surface area contributed by atoms with Gasteiger partial charge in [0, 0.05) is 28.0 Å². The molecule has 0 aliphatic rings. The Morgan fingerprint density at radius 1 is 0.280 bits per heavy atom. The lowest BCUT2D eigenvalue weighted by atomic mass is 9.98. The zero-order valence-electron chi connectivity index (χ0n) is 27.4. The zero-order chi connectivity index (χ0) is 33.3. The second kappa shape index (κ2) is 12.8. The van der Waals surface area contributed by atoms with E-state index in [1.165, 1.54) is 38.6 Å². The van der Waals surface area contributed by atoms with Crippen LogP contribution in [0.25, 0.3) is 66.4 Å². The van der Waals surface area contributed by atoms with Crippen molar-refractivity contribution in [1.82, 2.24) is 0 Å². The lowest BCUT2D eigenvalue weighted by Crippen LogP contribution is -2.09. The normalized spacial score (nSPS) is 11.2. The van der Waals surface area contributed by atoms with Crippen molar-refractivity contribution in [2.75, 3.05) is 4.90 Å². The van der Waals surface area contributed by atoms with Gasteiger partial charge in [-0.15, -0.1) is 0 Å². The largest absolute Gasteiger partial charge is 0.456 e. The molecule has 0 unspecified atom stereocenters. The number of nitrogens with zero attached hydrogens (tertiary/aromatic N) is 1. The van der Waals surface area contributed by atoms with E-state index in [1.807, 2.05) is 18.2 Å². The van der Waals surface area contributed by atoms with Crippen LogP contribution in [-0.2, 0) is 0 Å². The molecule has 0 radical (unpaired) electrons. The quantitative estimate of drug-likeness (QED) is 0.173. The lowest BCUT2D eigenvalue weighted by molar-refractivity contribution is 0.631. The van der Waals surface area contributed by atoms with Crippen LogP contribution in [0.15, 0.2) is 205 Å². The molecule has 236 valence electrons. The Hall–Kier alpha value is -6.64. The Balaban J connectivity index is 1.07. The Morgan fingerprint density at radius 2 is 0.760 bits per heavy atom. The standard InChI is InChI=1S/C48H33NO/c1-3-10-34(11-4-1)36-20-25-44(26-21-36)49(45-27-22-37(23-28-45)35-12-5-2-6-13-35)46-29-24-40-30-39(18-19-41(40)32-46)38-15-9-16-42(31-38)48-33-43-14-7-8-17-47(43)50-48/h1-33H. The van der Waals surface area contributed by atoms with Crippen LogP contribution in [0.2, 0.25) is 0 Å². The molecule has 0 fully saturated rings. The average molecular weight is 640 g/mol. The predicted octanol–water partition coefficient (Wildman–Crippen LogP) is 13.7. The predicted molar refractivity (Wildman–Crippen MR) is 210 cm³/mol. The molecule has 0 atom stereocenters. The van der Waals surface area contributed by atoms with Crippen molar-refractivity contribution < 1.29 is 4.42 Å². The van der Waals surface area contributed by atoms with E-state index in [0.29, 0.717) is 0 Å². The van der Waals surface area contributed by atoms with Crippen LogP contribution < -0.4 is 4.90 Å². The van der Waals surface area contributed by atoms with Crippen molar-refractivity contribution in [2.45, 2.75) is 0 Å². The SMILES string of the molecule is c1ccc(-c2ccc(N(c3ccc(-c4ccccc4)cc3)c3ccc4cc(-c5cccc(-c6cc7ccccc7o6)c5)ccc4c3)cc2)cc1. The molecule has 8 aromatic carbocycles. The molecule has 0 N–H and O–H groups in total. The fraction of sp³-hybridized carbons (Fsp3) is 0. The van der Waals surface area contributed by atoms with E-state index in [9.17, 15) is 0 Å². The van der Waals surface area contributed by atoms with Gasteiger partial charge in [-0.05, 0) is 105 Å². The summed E-state index contributed by atoms with van der Waals surface area (Å²) < 4.78 is 6.18. The van der Waals surface area contributed by atoms with Crippen LogP contribution in [0.4, 0.5) is 17.1 Å². The van der Waals surface area contributed by atoms with E-state index in [2.05, 4.69) is 187 Å².